The number of methoxy groups -OCH3 is 1. The number of carbonyl (C=O) groups excluding carboxylic acids is 1. The van der Waals surface area contributed by atoms with Crippen molar-refractivity contribution in [2.24, 2.45) is 0 Å². The van der Waals surface area contributed by atoms with Gasteiger partial charge in [-0.15, -0.1) is 0 Å². The van der Waals surface area contributed by atoms with Crippen molar-refractivity contribution >= 4 is 5.91 Å². The van der Waals surface area contributed by atoms with E-state index in [2.05, 4.69) is 22.1 Å². The molecule has 1 amide bonds. The minimum atomic E-state index is -0.255. The monoisotopic (exact) mass is 292 g/mol. The third-order valence-electron chi connectivity index (χ3n) is 2.55. The number of pyridine rings is 1. The largest absolute Gasteiger partial charge is 0.384 e. The highest BCUT2D eigenvalue weighted by Gasteiger charge is 2.09. The summed E-state index contributed by atoms with van der Waals surface area (Å²) in [6.45, 7) is 1.94. The summed E-state index contributed by atoms with van der Waals surface area (Å²) in [6, 6.07) is 1.60. The molecular weight excluding hydrogens is 272 g/mol. The second-order valence-electron chi connectivity index (χ2n) is 4.10. The van der Waals surface area contributed by atoms with E-state index < -0.39 is 0 Å². The number of carbonyl (C=O) groups is 1. The van der Waals surface area contributed by atoms with Crippen LogP contribution in [0.4, 0.5) is 0 Å². The normalized spacial score (nSPS) is 9.81. The highest BCUT2D eigenvalue weighted by atomic mass is 16.5. The van der Waals surface area contributed by atoms with Gasteiger partial charge >= 0.3 is 0 Å². The van der Waals surface area contributed by atoms with E-state index in [-0.39, 0.29) is 12.5 Å². The second-order valence-corrected chi connectivity index (χ2v) is 4.10. The van der Waals surface area contributed by atoms with Gasteiger partial charge in [0.2, 0.25) is 0 Å². The molecule has 0 fully saturated rings. The standard InChI is InChI=1S/C15H20N2O4/c1-20-10-11-21-9-3-6-17-15(19)14-5-7-16-12-13(14)4-2-8-18/h5,7,12,18H,3,6,8-11H2,1H3,(H,17,19). The number of hydrogen-bond donors (Lipinski definition) is 2. The first-order valence-corrected chi connectivity index (χ1v) is 6.68. The van der Waals surface area contributed by atoms with E-state index in [0.29, 0.717) is 37.5 Å². The third kappa shape index (κ3) is 6.86. The highest BCUT2D eigenvalue weighted by molar-refractivity contribution is 5.96. The van der Waals surface area contributed by atoms with E-state index in [4.69, 9.17) is 14.6 Å². The molecule has 0 aliphatic rings. The number of ether oxygens (including phenoxy) is 2. The number of nitrogens with zero attached hydrogens (tertiary/aromatic N) is 1. The predicted octanol–water partition coefficient (Wildman–Crippen LogP) is 0.208. The lowest BCUT2D eigenvalue weighted by molar-refractivity contribution is 0.0688. The lowest BCUT2D eigenvalue weighted by Crippen LogP contribution is -2.26. The summed E-state index contributed by atoms with van der Waals surface area (Å²) in [5, 5.41) is 11.5. The summed E-state index contributed by atoms with van der Waals surface area (Å²) in [5.74, 6) is 5.00. The minimum absolute atomic E-state index is 0.212. The summed E-state index contributed by atoms with van der Waals surface area (Å²) in [5.41, 5.74) is 0.951. The Balaban J connectivity index is 2.38. The van der Waals surface area contributed by atoms with Gasteiger partial charge in [-0.25, -0.2) is 0 Å². The Morgan fingerprint density at radius 2 is 2.29 bits per heavy atom. The van der Waals surface area contributed by atoms with Crippen LogP contribution in [-0.4, -0.2) is 56.1 Å². The number of hydrogen-bond acceptors (Lipinski definition) is 5. The molecule has 0 spiro atoms. The van der Waals surface area contributed by atoms with Crippen LogP contribution in [0, 0.1) is 11.8 Å². The van der Waals surface area contributed by atoms with Crippen LogP contribution in [0.15, 0.2) is 18.5 Å². The first-order chi connectivity index (χ1) is 10.3. The molecule has 0 bridgehead atoms. The van der Waals surface area contributed by atoms with Crippen molar-refractivity contribution < 1.29 is 19.4 Å². The zero-order valence-electron chi connectivity index (χ0n) is 12.1. The van der Waals surface area contributed by atoms with Gasteiger partial charge in [-0.2, -0.15) is 0 Å². The number of nitrogens with one attached hydrogen (secondary N) is 1. The summed E-state index contributed by atoms with van der Waals surface area (Å²) in [7, 11) is 1.62. The molecule has 0 aliphatic carbocycles. The van der Waals surface area contributed by atoms with Crippen molar-refractivity contribution in [3.8, 4) is 11.8 Å². The zero-order valence-corrected chi connectivity index (χ0v) is 12.1. The molecule has 0 saturated carbocycles. The lowest BCUT2D eigenvalue weighted by Gasteiger charge is -2.07. The highest BCUT2D eigenvalue weighted by Crippen LogP contribution is 2.05. The van der Waals surface area contributed by atoms with E-state index in [9.17, 15) is 4.79 Å². The van der Waals surface area contributed by atoms with Crippen molar-refractivity contribution in [1.82, 2.24) is 10.3 Å². The van der Waals surface area contributed by atoms with Gasteiger partial charge in [-0.05, 0) is 12.5 Å². The zero-order chi connectivity index (χ0) is 15.3. The van der Waals surface area contributed by atoms with Gasteiger partial charge in [0.05, 0.1) is 24.3 Å². The van der Waals surface area contributed by atoms with Gasteiger partial charge in [-0.3, -0.25) is 9.78 Å². The number of rotatable bonds is 8. The van der Waals surface area contributed by atoms with Crippen molar-refractivity contribution in [1.29, 1.82) is 0 Å². The van der Waals surface area contributed by atoms with Crippen LogP contribution < -0.4 is 5.32 Å². The van der Waals surface area contributed by atoms with Gasteiger partial charge in [0.15, 0.2) is 0 Å². The first-order valence-electron chi connectivity index (χ1n) is 6.68. The molecule has 0 saturated heterocycles. The van der Waals surface area contributed by atoms with E-state index in [0.717, 1.165) is 6.42 Å². The van der Waals surface area contributed by atoms with Crippen LogP contribution in [0.5, 0.6) is 0 Å². The summed E-state index contributed by atoms with van der Waals surface area (Å²) < 4.78 is 10.2. The van der Waals surface area contributed by atoms with Gasteiger partial charge < -0.3 is 19.9 Å². The molecular formula is C15H20N2O4. The maximum Gasteiger partial charge on any atom is 0.252 e. The fourth-order valence-corrected chi connectivity index (χ4v) is 1.54. The van der Waals surface area contributed by atoms with Gasteiger partial charge in [-0.1, -0.05) is 11.8 Å². The van der Waals surface area contributed by atoms with Crippen LogP contribution in [-0.2, 0) is 9.47 Å². The fourth-order valence-electron chi connectivity index (χ4n) is 1.54. The molecule has 0 aliphatic heterocycles. The molecule has 2 N–H and O–H groups in total. The van der Waals surface area contributed by atoms with E-state index in [1.165, 1.54) is 12.4 Å². The molecule has 0 atom stereocenters. The SMILES string of the molecule is COCCOCCCNC(=O)c1ccncc1C#CCO. The average Bonchev–Trinajstić information content (AvgIpc) is 2.52. The number of aromatic nitrogens is 1. The third-order valence-corrected chi connectivity index (χ3v) is 2.55. The molecule has 1 aromatic heterocycles. The molecule has 0 unspecified atom stereocenters. The smallest absolute Gasteiger partial charge is 0.252 e. The van der Waals surface area contributed by atoms with Crippen LogP contribution in [0.2, 0.25) is 0 Å². The van der Waals surface area contributed by atoms with E-state index in [1.54, 1.807) is 13.2 Å². The Labute approximate surface area is 124 Å². The molecule has 0 aromatic carbocycles. The van der Waals surface area contributed by atoms with E-state index >= 15 is 0 Å². The maximum atomic E-state index is 12.0. The van der Waals surface area contributed by atoms with Crippen LogP contribution in [0.25, 0.3) is 0 Å². The molecule has 6 nitrogen and oxygen atoms in total. The van der Waals surface area contributed by atoms with Gasteiger partial charge in [0.1, 0.15) is 6.61 Å². The van der Waals surface area contributed by atoms with Crippen LogP contribution in [0.1, 0.15) is 22.3 Å². The quantitative estimate of drug-likeness (QED) is 0.529. The summed E-state index contributed by atoms with van der Waals surface area (Å²) >= 11 is 0. The molecule has 0 radical (unpaired) electrons. The van der Waals surface area contributed by atoms with Gasteiger partial charge in [0, 0.05) is 32.7 Å². The topological polar surface area (TPSA) is 80.7 Å². The van der Waals surface area contributed by atoms with E-state index in [1.807, 2.05) is 0 Å². The molecule has 1 aromatic rings. The van der Waals surface area contributed by atoms with Crippen molar-refractivity contribution in [3.05, 3.63) is 29.6 Å². The Kier molecular flexibility index (Phi) is 8.80. The van der Waals surface area contributed by atoms with Crippen molar-refractivity contribution in [2.45, 2.75) is 6.42 Å². The Bertz CT molecular complexity index is 494. The Morgan fingerprint density at radius 1 is 1.43 bits per heavy atom. The molecule has 1 rings (SSSR count). The summed E-state index contributed by atoms with van der Waals surface area (Å²) in [6.07, 6.45) is 3.76. The van der Waals surface area contributed by atoms with Crippen molar-refractivity contribution in [3.63, 3.8) is 0 Å². The number of aliphatic hydroxyl groups excluding tert-OH is 1. The van der Waals surface area contributed by atoms with Crippen LogP contribution in [0.3, 0.4) is 0 Å². The average molecular weight is 292 g/mol. The fraction of sp³-hybridized carbons (Fsp3) is 0.467. The molecule has 114 valence electrons. The predicted molar refractivity (Wildman–Crippen MR) is 77.8 cm³/mol. The lowest BCUT2D eigenvalue weighted by atomic mass is 10.1. The Hall–Kier alpha value is -1.94. The second kappa shape index (κ2) is 10.8. The van der Waals surface area contributed by atoms with Crippen molar-refractivity contribution in [2.75, 3.05) is 40.1 Å². The minimum Gasteiger partial charge on any atom is -0.384 e. The van der Waals surface area contributed by atoms with Crippen LogP contribution >= 0.6 is 0 Å². The maximum absolute atomic E-state index is 12.0. The number of aliphatic hydroxyl groups is 1. The molecule has 1 heterocycles. The van der Waals surface area contributed by atoms with Gasteiger partial charge in [0.25, 0.3) is 5.91 Å². The molecule has 6 heteroatoms. The number of amides is 1. The Morgan fingerprint density at radius 3 is 3.05 bits per heavy atom. The summed E-state index contributed by atoms with van der Waals surface area (Å²) in [4.78, 5) is 16.0. The first kappa shape index (κ1) is 17.1. The molecule has 21 heavy (non-hydrogen) atoms.